The Hall–Kier alpha value is -0.960. The monoisotopic (exact) mass is 203 g/mol. The van der Waals surface area contributed by atoms with Gasteiger partial charge in [0.2, 0.25) is 0 Å². The van der Waals surface area contributed by atoms with Crippen LogP contribution in [0.1, 0.15) is 13.8 Å². The van der Waals surface area contributed by atoms with Crippen LogP contribution in [0, 0.1) is 0 Å². The highest BCUT2D eigenvalue weighted by molar-refractivity contribution is 6.29. The van der Waals surface area contributed by atoms with Gasteiger partial charge in [0.1, 0.15) is 10.7 Å². The van der Waals surface area contributed by atoms with E-state index < -0.39 is 11.5 Å². The third-order valence-electron chi connectivity index (χ3n) is 1.94. The number of likely N-dealkylation sites (N-methyl/N-ethyl adjacent to an activating group) is 1. The minimum atomic E-state index is -1.02. The molecule has 1 N–H and O–H groups in total. The largest absolute Gasteiger partial charge is 0.480 e. The highest BCUT2D eigenvalue weighted by Gasteiger charge is 2.32. The van der Waals surface area contributed by atoms with Crippen LogP contribution >= 0.6 is 11.6 Å². The van der Waals surface area contributed by atoms with Crippen molar-refractivity contribution in [3.8, 4) is 0 Å². The van der Waals surface area contributed by atoms with Crippen LogP contribution in [0.4, 0.5) is 0 Å². The van der Waals surface area contributed by atoms with E-state index >= 15 is 0 Å². The predicted molar refractivity (Wildman–Crippen MR) is 53.6 cm³/mol. The lowest BCUT2D eigenvalue weighted by Crippen LogP contribution is -2.46. The maximum atomic E-state index is 10.8. The van der Waals surface area contributed by atoms with Gasteiger partial charge in [-0.25, -0.2) is 4.79 Å². The Morgan fingerprint density at radius 3 is 2.38 bits per heavy atom. The Morgan fingerprint density at radius 2 is 2.08 bits per heavy atom. The maximum absolute atomic E-state index is 10.8. The molecule has 3 nitrogen and oxygen atoms in total. The molecule has 0 radical (unpaired) electrons. The van der Waals surface area contributed by atoms with E-state index in [1.165, 1.54) is 11.0 Å². The van der Waals surface area contributed by atoms with Crippen molar-refractivity contribution in [1.29, 1.82) is 0 Å². The van der Waals surface area contributed by atoms with Crippen LogP contribution in [0.25, 0.3) is 0 Å². The summed E-state index contributed by atoms with van der Waals surface area (Å²) in [5.41, 5.74) is -1.02. The van der Waals surface area contributed by atoms with E-state index in [-0.39, 0.29) is 0 Å². The molecule has 0 bridgehead atoms. The lowest BCUT2D eigenvalue weighted by Gasteiger charge is -2.32. The van der Waals surface area contributed by atoms with Crippen molar-refractivity contribution < 1.29 is 9.90 Å². The smallest absolute Gasteiger partial charge is 0.328 e. The topological polar surface area (TPSA) is 40.5 Å². The first kappa shape index (κ1) is 12.0. The van der Waals surface area contributed by atoms with Crippen LogP contribution in [-0.2, 0) is 4.79 Å². The number of rotatable bonds is 4. The normalized spacial score (nSPS) is 12.5. The zero-order valence-electron chi connectivity index (χ0n) is 8.04. The number of aliphatic carboxylic acids is 1. The summed E-state index contributed by atoms with van der Waals surface area (Å²) >= 11 is 5.81. The third kappa shape index (κ3) is 2.77. The first-order chi connectivity index (χ1) is 5.84. The van der Waals surface area contributed by atoms with Crippen molar-refractivity contribution in [2.24, 2.45) is 0 Å². The number of nitrogens with zero attached hydrogens (tertiary/aromatic N) is 1. The van der Waals surface area contributed by atoms with E-state index in [2.05, 4.69) is 6.58 Å². The zero-order valence-corrected chi connectivity index (χ0v) is 8.80. The van der Waals surface area contributed by atoms with Gasteiger partial charge in [0.05, 0.1) is 0 Å². The molecule has 0 heterocycles. The average Bonchev–Trinajstić information content (AvgIpc) is 2.03. The summed E-state index contributed by atoms with van der Waals surface area (Å²) in [6, 6.07) is 0. The van der Waals surface area contributed by atoms with Gasteiger partial charge in [0.15, 0.2) is 0 Å². The van der Waals surface area contributed by atoms with Crippen molar-refractivity contribution in [2.45, 2.75) is 19.4 Å². The zero-order chi connectivity index (χ0) is 10.6. The van der Waals surface area contributed by atoms with E-state index in [1.54, 1.807) is 27.0 Å². The number of hydrogen-bond donors (Lipinski definition) is 1. The summed E-state index contributed by atoms with van der Waals surface area (Å²) in [6.07, 6.45) is 3.06. The van der Waals surface area contributed by atoms with Gasteiger partial charge in [-0.2, -0.15) is 0 Å². The molecule has 0 aromatic heterocycles. The summed E-state index contributed by atoms with van der Waals surface area (Å²) in [7, 11) is 1.62. The van der Waals surface area contributed by atoms with Crippen molar-refractivity contribution >= 4 is 17.6 Å². The minimum Gasteiger partial charge on any atom is -0.480 e. The van der Waals surface area contributed by atoms with Crippen LogP contribution in [0.15, 0.2) is 23.9 Å². The molecule has 0 atom stereocenters. The molecule has 0 saturated heterocycles. The predicted octanol–water partition coefficient (Wildman–Crippen LogP) is 2.05. The molecule has 0 aromatic rings. The second-order valence-corrected chi connectivity index (χ2v) is 3.54. The maximum Gasteiger partial charge on any atom is 0.328 e. The van der Waals surface area contributed by atoms with Crippen molar-refractivity contribution in [2.75, 3.05) is 7.05 Å². The lowest BCUT2D eigenvalue weighted by molar-refractivity contribution is -0.147. The highest BCUT2D eigenvalue weighted by atomic mass is 35.5. The van der Waals surface area contributed by atoms with E-state index in [0.717, 1.165) is 0 Å². The van der Waals surface area contributed by atoms with Crippen molar-refractivity contribution in [3.05, 3.63) is 23.9 Å². The quantitative estimate of drug-likeness (QED) is 0.562. The van der Waals surface area contributed by atoms with Gasteiger partial charge in [0.25, 0.3) is 0 Å². The van der Waals surface area contributed by atoms with Gasteiger partial charge in [-0.05, 0) is 19.9 Å². The van der Waals surface area contributed by atoms with E-state index in [9.17, 15) is 4.79 Å². The molecule has 0 spiro atoms. The number of carboxylic acids is 1. The van der Waals surface area contributed by atoms with Crippen LogP contribution in [0.5, 0.6) is 0 Å². The molecule has 0 amide bonds. The summed E-state index contributed by atoms with van der Waals surface area (Å²) in [5, 5.41) is 9.22. The van der Waals surface area contributed by atoms with Crippen LogP contribution in [0.2, 0.25) is 0 Å². The number of carboxylic acid groups (broad SMARTS) is 1. The standard InChI is InChI=1S/C9H14ClNO2/c1-5-6-7(10)11(4)9(2,3)8(12)13/h5-6H,1H2,2-4H3,(H,12,13)/b7-6-. The summed E-state index contributed by atoms with van der Waals surface area (Å²) < 4.78 is 0. The number of carbonyl (C=O) groups is 1. The second kappa shape index (κ2) is 4.33. The highest BCUT2D eigenvalue weighted by Crippen LogP contribution is 2.20. The average molecular weight is 204 g/mol. The van der Waals surface area contributed by atoms with Crippen molar-refractivity contribution in [1.82, 2.24) is 4.90 Å². The Kier molecular flexibility index (Phi) is 4.01. The van der Waals surface area contributed by atoms with E-state index in [1.807, 2.05) is 0 Å². The number of halogens is 1. The fourth-order valence-electron chi connectivity index (χ4n) is 0.620. The fraction of sp³-hybridized carbons (Fsp3) is 0.444. The molecule has 0 unspecified atom stereocenters. The Balaban J connectivity index is 4.77. The Labute approximate surface area is 83.3 Å². The molecule has 13 heavy (non-hydrogen) atoms. The molecule has 0 saturated carbocycles. The summed E-state index contributed by atoms with van der Waals surface area (Å²) in [5.74, 6) is -0.925. The molecule has 74 valence electrons. The fourth-order valence-corrected chi connectivity index (χ4v) is 0.920. The molecular weight excluding hydrogens is 190 g/mol. The number of allylic oxidation sites excluding steroid dienone is 2. The molecule has 0 aliphatic heterocycles. The second-order valence-electron chi connectivity index (χ2n) is 3.15. The van der Waals surface area contributed by atoms with Crippen LogP contribution in [-0.4, -0.2) is 28.6 Å². The summed E-state index contributed by atoms with van der Waals surface area (Å²) in [6.45, 7) is 6.63. The van der Waals surface area contributed by atoms with Gasteiger partial charge in [-0.1, -0.05) is 24.3 Å². The molecule has 4 heteroatoms. The van der Waals surface area contributed by atoms with Gasteiger partial charge >= 0.3 is 5.97 Å². The van der Waals surface area contributed by atoms with Crippen molar-refractivity contribution in [3.63, 3.8) is 0 Å². The first-order valence-corrected chi connectivity index (χ1v) is 4.17. The van der Waals surface area contributed by atoms with Crippen LogP contribution in [0.3, 0.4) is 0 Å². The minimum absolute atomic E-state index is 0.349. The van der Waals surface area contributed by atoms with Gasteiger partial charge in [0, 0.05) is 7.05 Å². The number of hydrogen-bond acceptors (Lipinski definition) is 2. The summed E-state index contributed by atoms with van der Waals surface area (Å²) in [4.78, 5) is 12.3. The Morgan fingerprint density at radius 1 is 1.62 bits per heavy atom. The molecule has 0 fully saturated rings. The van der Waals surface area contributed by atoms with Gasteiger partial charge in [-0.3, -0.25) is 0 Å². The third-order valence-corrected chi connectivity index (χ3v) is 2.32. The Bertz CT molecular complexity index is 246. The lowest BCUT2D eigenvalue weighted by atomic mass is 10.1. The van der Waals surface area contributed by atoms with E-state index in [4.69, 9.17) is 16.7 Å². The van der Waals surface area contributed by atoms with E-state index in [0.29, 0.717) is 5.16 Å². The molecular formula is C9H14ClNO2. The van der Waals surface area contributed by atoms with Crippen LogP contribution < -0.4 is 0 Å². The molecule has 0 aromatic carbocycles. The molecule has 0 rings (SSSR count). The first-order valence-electron chi connectivity index (χ1n) is 3.79. The molecule has 0 aliphatic carbocycles. The SMILES string of the molecule is C=C/C=C(/Cl)N(C)C(C)(C)C(=O)O. The van der Waals surface area contributed by atoms with Gasteiger partial charge in [-0.15, -0.1) is 0 Å². The molecule has 0 aliphatic rings. The van der Waals surface area contributed by atoms with Gasteiger partial charge < -0.3 is 10.0 Å².